The zero-order valence-electron chi connectivity index (χ0n) is 11.5. The molecule has 7 nitrogen and oxygen atoms in total. The Labute approximate surface area is 151 Å². The summed E-state index contributed by atoms with van der Waals surface area (Å²) in [7, 11) is -4.30. The number of rotatable bonds is 4. The number of hydrogen-bond acceptors (Lipinski definition) is 5. The summed E-state index contributed by atoms with van der Waals surface area (Å²) in [6, 6.07) is 7.43. The fraction of sp³-hybridized carbons (Fsp3) is 0. The number of carbonyl (C=O) groups excluding carboxylic acids is 1. The Morgan fingerprint density at radius 1 is 1.12 bits per heavy atom. The molecule has 0 radical (unpaired) electrons. The highest BCUT2D eigenvalue weighted by molar-refractivity contribution is 7.90. The van der Waals surface area contributed by atoms with Gasteiger partial charge in [0.15, 0.2) is 0 Å². The summed E-state index contributed by atoms with van der Waals surface area (Å²) in [5.41, 5.74) is -1.07. The first-order valence-electron chi connectivity index (χ1n) is 6.08. The van der Waals surface area contributed by atoms with Crippen LogP contribution in [0.1, 0.15) is 10.4 Å². The lowest BCUT2D eigenvalue weighted by Crippen LogP contribution is -2.31. The van der Waals surface area contributed by atoms with Crippen LogP contribution < -0.4 is 4.72 Å². The first-order chi connectivity index (χ1) is 11.1. The molecule has 0 aliphatic rings. The number of nitro groups is 1. The Bertz CT molecular complexity index is 947. The van der Waals surface area contributed by atoms with E-state index >= 15 is 0 Å². The van der Waals surface area contributed by atoms with Crippen molar-refractivity contribution in [2.45, 2.75) is 4.90 Å². The van der Waals surface area contributed by atoms with E-state index < -0.39 is 37.1 Å². The van der Waals surface area contributed by atoms with Crippen molar-refractivity contribution in [1.29, 1.82) is 0 Å². The second-order valence-electron chi connectivity index (χ2n) is 4.41. The summed E-state index contributed by atoms with van der Waals surface area (Å²) in [5.74, 6) is -1.18. The van der Waals surface area contributed by atoms with Crippen molar-refractivity contribution in [2.24, 2.45) is 0 Å². The minimum atomic E-state index is -4.30. The third kappa shape index (κ3) is 3.78. The predicted molar refractivity (Wildman–Crippen MR) is 89.2 cm³/mol. The molecule has 0 aliphatic heterocycles. The van der Waals surface area contributed by atoms with E-state index in [2.05, 4.69) is 0 Å². The molecule has 0 bridgehead atoms. The summed E-state index contributed by atoms with van der Waals surface area (Å²) in [5, 5.41) is 10.1. The first kappa shape index (κ1) is 18.5. The van der Waals surface area contributed by atoms with Crippen molar-refractivity contribution < 1.29 is 18.1 Å². The quantitative estimate of drug-likeness (QED) is 0.612. The van der Waals surface area contributed by atoms with Gasteiger partial charge in [0, 0.05) is 11.1 Å². The Hall–Kier alpha value is -1.87. The molecular weight excluding hydrogens is 403 g/mol. The van der Waals surface area contributed by atoms with Crippen LogP contribution in [0.25, 0.3) is 0 Å². The maximum Gasteiger partial charge on any atom is 0.290 e. The van der Waals surface area contributed by atoms with Crippen molar-refractivity contribution in [3.63, 3.8) is 0 Å². The van der Waals surface area contributed by atoms with Gasteiger partial charge in [-0.1, -0.05) is 46.9 Å². The van der Waals surface area contributed by atoms with E-state index in [1.165, 1.54) is 24.3 Å². The van der Waals surface area contributed by atoms with E-state index in [9.17, 15) is 23.3 Å². The molecule has 126 valence electrons. The molecule has 0 unspecified atom stereocenters. The average Bonchev–Trinajstić information content (AvgIpc) is 2.48. The Morgan fingerprint density at radius 3 is 2.33 bits per heavy atom. The van der Waals surface area contributed by atoms with Gasteiger partial charge in [0.2, 0.25) is 0 Å². The van der Waals surface area contributed by atoms with Crippen LogP contribution in [0.3, 0.4) is 0 Å². The highest BCUT2D eigenvalue weighted by Crippen LogP contribution is 2.32. The molecule has 0 saturated heterocycles. The molecule has 1 amide bonds. The number of sulfonamides is 1. The van der Waals surface area contributed by atoms with E-state index in [1.807, 2.05) is 0 Å². The molecule has 0 aromatic heterocycles. The van der Waals surface area contributed by atoms with E-state index in [1.54, 1.807) is 4.72 Å². The highest BCUT2D eigenvalue weighted by Gasteiger charge is 2.26. The number of nitrogens with one attached hydrogen (secondary N) is 1. The van der Waals surface area contributed by atoms with Crippen LogP contribution in [0, 0.1) is 10.1 Å². The lowest BCUT2D eigenvalue weighted by molar-refractivity contribution is -0.384. The van der Waals surface area contributed by atoms with Crippen molar-refractivity contribution in [3.05, 3.63) is 67.1 Å². The third-order valence-corrected chi connectivity index (χ3v) is 5.26. The number of halogens is 3. The predicted octanol–water partition coefficient (Wildman–Crippen LogP) is 3.67. The van der Waals surface area contributed by atoms with Gasteiger partial charge in [-0.2, -0.15) is 0 Å². The van der Waals surface area contributed by atoms with Crippen LogP contribution in [0.5, 0.6) is 0 Å². The minimum Gasteiger partial charge on any atom is -0.268 e. The topological polar surface area (TPSA) is 106 Å². The number of amides is 1. The molecule has 2 aromatic rings. The maximum atomic E-state index is 12.2. The van der Waals surface area contributed by atoms with Crippen molar-refractivity contribution in [2.75, 3.05) is 0 Å². The van der Waals surface area contributed by atoms with Crippen LogP contribution in [0.2, 0.25) is 15.1 Å². The second-order valence-corrected chi connectivity index (χ2v) is 7.28. The minimum absolute atomic E-state index is 0.0963. The van der Waals surface area contributed by atoms with Gasteiger partial charge < -0.3 is 0 Å². The molecule has 24 heavy (non-hydrogen) atoms. The van der Waals surface area contributed by atoms with Gasteiger partial charge in [0.25, 0.3) is 21.6 Å². The smallest absolute Gasteiger partial charge is 0.268 e. The van der Waals surface area contributed by atoms with Gasteiger partial charge in [-0.05, 0) is 18.2 Å². The van der Waals surface area contributed by atoms with Gasteiger partial charge in [0.05, 0.1) is 15.5 Å². The van der Waals surface area contributed by atoms with E-state index in [-0.39, 0.29) is 14.9 Å². The number of carbonyl (C=O) groups is 1. The standard InChI is InChI=1S/C13H7Cl3N2O5S/c14-7-5-8(12(16)10(6-7)18(20)21)13(19)17-24(22,23)11-4-2-1-3-9(11)15/h1-6H,(H,17,19). The zero-order valence-corrected chi connectivity index (χ0v) is 14.6. The van der Waals surface area contributed by atoms with Crippen molar-refractivity contribution in [1.82, 2.24) is 4.72 Å². The van der Waals surface area contributed by atoms with Gasteiger partial charge in [-0.15, -0.1) is 0 Å². The Kier molecular flexibility index (Phi) is 5.34. The van der Waals surface area contributed by atoms with E-state index in [0.29, 0.717) is 0 Å². The SMILES string of the molecule is O=C(NS(=O)(=O)c1ccccc1Cl)c1cc(Cl)cc([N+](=O)[O-])c1Cl. The van der Waals surface area contributed by atoms with E-state index in [0.717, 1.165) is 12.1 Å². The van der Waals surface area contributed by atoms with Crippen LogP contribution >= 0.6 is 34.8 Å². The van der Waals surface area contributed by atoms with Crippen LogP contribution in [0.4, 0.5) is 5.69 Å². The van der Waals surface area contributed by atoms with Gasteiger partial charge in [-0.25, -0.2) is 13.1 Å². The molecule has 11 heteroatoms. The molecule has 0 aliphatic carbocycles. The zero-order chi connectivity index (χ0) is 18.1. The number of hydrogen-bond donors (Lipinski definition) is 1. The maximum absolute atomic E-state index is 12.2. The molecule has 0 heterocycles. The molecule has 0 spiro atoms. The summed E-state index contributed by atoms with van der Waals surface area (Å²) >= 11 is 17.3. The first-order valence-corrected chi connectivity index (χ1v) is 8.70. The number of nitrogens with zero attached hydrogens (tertiary/aromatic N) is 1. The molecule has 0 fully saturated rings. The Balaban J connectivity index is 2.44. The molecule has 2 rings (SSSR count). The van der Waals surface area contributed by atoms with Crippen LogP contribution in [0.15, 0.2) is 41.3 Å². The summed E-state index contributed by atoms with van der Waals surface area (Å²) in [6.07, 6.45) is 0. The lowest BCUT2D eigenvalue weighted by atomic mass is 10.2. The molecular formula is C13H7Cl3N2O5S. The van der Waals surface area contributed by atoms with Crippen LogP contribution in [-0.4, -0.2) is 19.2 Å². The van der Waals surface area contributed by atoms with Crippen molar-refractivity contribution >= 4 is 56.4 Å². The van der Waals surface area contributed by atoms with Gasteiger partial charge in [0.1, 0.15) is 9.92 Å². The highest BCUT2D eigenvalue weighted by atomic mass is 35.5. The third-order valence-electron chi connectivity index (χ3n) is 2.81. The molecule has 2 aromatic carbocycles. The van der Waals surface area contributed by atoms with Crippen molar-refractivity contribution in [3.8, 4) is 0 Å². The van der Waals surface area contributed by atoms with E-state index in [4.69, 9.17) is 34.8 Å². The fourth-order valence-electron chi connectivity index (χ4n) is 1.77. The van der Waals surface area contributed by atoms with Crippen LogP contribution in [-0.2, 0) is 10.0 Å². The van der Waals surface area contributed by atoms with Gasteiger partial charge in [-0.3, -0.25) is 14.9 Å². The molecule has 1 N–H and O–H groups in total. The van der Waals surface area contributed by atoms with Gasteiger partial charge >= 0.3 is 0 Å². The summed E-state index contributed by atoms with van der Waals surface area (Å²) in [4.78, 5) is 21.9. The average molecular weight is 410 g/mol. The molecule has 0 atom stereocenters. The second kappa shape index (κ2) is 6.94. The normalized spacial score (nSPS) is 11.1. The fourth-order valence-corrected chi connectivity index (χ4v) is 3.73. The largest absolute Gasteiger partial charge is 0.290 e. The number of nitro benzene ring substituents is 1. The Morgan fingerprint density at radius 2 is 1.75 bits per heavy atom. The summed E-state index contributed by atoms with van der Waals surface area (Å²) < 4.78 is 26.2. The number of benzene rings is 2. The lowest BCUT2D eigenvalue weighted by Gasteiger charge is -2.09. The molecule has 0 saturated carbocycles. The summed E-state index contributed by atoms with van der Waals surface area (Å²) in [6.45, 7) is 0. The monoisotopic (exact) mass is 408 g/mol.